The summed E-state index contributed by atoms with van der Waals surface area (Å²) in [6.45, 7) is 3.71. The van der Waals surface area contributed by atoms with Gasteiger partial charge in [0.1, 0.15) is 6.29 Å². The molecule has 0 bridgehead atoms. The van der Waals surface area contributed by atoms with E-state index < -0.39 is 0 Å². The van der Waals surface area contributed by atoms with Crippen molar-refractivity contribution < 1.29 is 4.79 Å². The molecule has 3 heteroatoms. The van der Waals surface area contributed by atoms with E-state index in [1.807, 2.05) is 19.9 Å². The van der Waals surface area contributed by atoms with Crippen LogP contribution in [0.2, 0.25) is 5.02 Å². The highest BCUT2D eigenvalue weighted by Gasteiger charge is 2.10. The van der Waals surface area contributed by atoms with Crippen LogP contribution < -0.4 is 5.73 Å². The van der Waals surface area contributed by atoms with E-state index in [2.05, 4.69) is 0 Å². The molecule has 0 amide bonds. The predicted octanol–water partition coefficient (Wildman–Crippen LogP) is 2.53. The molecule has 2 N–H and O–H groups in total. The highest BCUT2D eigenvalue weighted by atomic mass is 35.5. The summed E-state index contributed by atoms with van der Waals surface area (Å²) in [6, 6.07) is 3.56. The molecule has 1 rings (SSSR count). The van der Waals surface area contributed by atoms with Crippen molar-refractivity contribution >= 4 is 23.6 Å². The zero-order chi connectivity index (χ0) is 10.0. The first-order chi connectivity index (χ1) is 6.07. The Bertz CT molecular complexity index is 336. The molecular weight excluding hydrogens is 186 g/mol. The van der Waals surface area contributed by atoms with E-state index in [1.165, 1.54) is 0 Å². The van der Waals surface area contributed by atoms with Gasteiger partial charge in [0.25, 0.3) is 0 Å². The van der Waals surface area contributed by atoms with Crippen LogP contribution in [0, 0.1) is 6.92 Å². The van der Waals surface area contributed by atoms with Gasteiger partial charge in [-0.1, -0.05) is 24.6 Å². The summed E-state index contributed by atoms with van der Waals surface area (Å²) in [5.74, 6) is -0.125. The Morgan fingerprint density at radius 2 is 2.15 bits per heavy atom. The van der Waals surface area contributed by atoms with Crippen LogP contribution in [0.25, 0.3) is 0 Å². The van der Waals surface area contributed by atoms with Crippen molar-refractivity contribution in [1.29, 1.82) is 0 Å². The molecule has 0 heterocycles. The second-order valence-corrected chi connectivity index (χ2v) is 3.51. The van der Waals surface area contributed by atoms with Crippen LogP contribution in [-0.2, 0) is 4.79 Å². The molecule has 0 fully saturated rings. The SMILES string of the molecule is Cc1c(C(C)C=O)ccc(Cl)c1N. The number of halogens is 1. The van der Waals surface area contributed by atoms with Gasteiger partial charge in [0.05, 0.1) is 10.7 Å². The van der Waals surface area contributed by atoms with Gasteiger partial charge in [0.2, 0.25) is 0 Å². The second-order valence-electron chi connectivity index (χ2n) is 3.10. The van der Waals surface area contributed by atoms with Crippen LogP contribution in [0.15, 0.2) is 12.1 Å². The molecule has 0 aromatic heterocycles. The number of benzene rings is 1. The van der Waals surface area contributed by atoms with Crippen molar-refractivity contribution in [3.05, 3.63) is 28.3 Å². The van der Waals surface area contributed by atoms with E-state index in [0.29, 0.717) is 10.7 Å². The molecule has 1 unspecified atom stereocenters. The first kappa shape index (κ1) is 10.1. The van der Waals surface area contributed by atoms with Crippen LogP contribution in [0.5, 0.6) is 0 Å². The Hall–Kier alpha value is -1.02. The number of hydrogen-bond donors (Lipinski definition) is 1. The van der Waals surface area contributed by atoms with Crippen molar-refractivity contribution in [2.75, 3.05) is 5.73 Å². The lowest BCUT2D eigenvalue weighted by atomic mass is 9.96. The molecule has 0 aliphatic carbocycles. The standard InChI is InChI=1S/C10H12ClNO/c1-6(5-13)8-3-4-9(11)10(12)7(8)2/h3-6H,12H2,1-2H3. The summed E-state index contributed by atoms with van der Waals surface area (Å²) < 4.78 is 0. The van der Waals surface area contributed by atoms with Gasteiger partial charge >= 0.3 is 0 Å². The molecule has 0 saturated heterocycles. The quantitative estimate of drug-likeness (QED) is 0.585. The lowest BCUT2D eigenvalue weighted by molar-refractivity contribution is -0.108. The molecule has 0 aliphatic rings. The molecule has 13 heavy (non-hydrogen) atoms. The highest BCUT2D eigenvalue weighted by molar-refractivity contribution is 6.33. The molecule has 70 valence electrons. The summed E-state index contributed by atoms with van der Waals surface area (Å²) in [5, 5.41) is 0.541. The Morgan fingerprint density at radius 1 is 1.54 bits per heavy atom. The lowest BCUT2D eigenvalue weighted by Gasteiger charge is -2.11. The van der Waals surface area contributed by atoms with Gasteiger partial charge < -0.3 is 10.5 Å². The zero-order valence-corrected chi connectivity index (χ0v) is 8.43. The van der Waals surface area contributed by atoms with Crippen molar-refractivity contribution in [3.8, 4) is 0 Å². The number of hydrogen-bond acceptors (Lipinski definition) is 2. The molecule has 1 aromatic carbocycles. The Balaban J connectivity index is 3.25. The summed E-state index contributed by atoms with van der Waals surface area (Å²) in [5.41, 5.74) is 8.13. The Morgan fingerprint density at radius 3 is 2.69 bits per heavy atom. The number of carbonyl (C=O) groups excluding carboxylic acids is 1. The predicted molar refractivity (Wildman–Crippen MR) is 55.1 cm³/mol. The third-order valence-corrected chi connectivity index (χ3v) is 2.53. The third-order valence-electron chi connectivity index (χ3n) is 2.20. The van der Waals surface area contributed by atoms with Gasteiger partial charge in [-0.2, -0.15) is 0 Å². The largest absolute Gasteiger partial charge is 0.397 e. The smallest absolute Gasteiger partial charge is 0.127 e. The van der Waals surface area contributed by atoms with E-state index in [0.717, 1.165) is 17.4 Å². The lowest BCUT2D eigenvalue weighted by Crippen LogP contribution is -2.01. The maximum absolute atomic E-state index is 10.6. The van der Waals surface area contributed by atoms with Gasteiger partial charge in [-0.05, 0) is 24.1 Å². The van der Waals surface area contributed by atoms with Gasteiger partial charge in [0.15, 0.2) is 0 Å². The number of anilines is 1. The third kappa shape index (κ3) is 1.83. The number of nitrogen functional groups attached to an aromatic ring is 1. The Kier molecular flexibility index (Phi) is 2.94. The summed E-state index contributed by atoms with van der Waals surface area (Å²) in [7, 11) is 0. The van der Waals surface area contributed by atoms with Crippen LogP contribution >= 0.6 is 11.6 Å². The van der Waals surface area contributed by atoms with Gasteiger partial charge in [-0.25, -0.2) is 0 Å². The number of rotatable bonds is 2. The van der Waals surface area contributed by atoms with Gasteiger partial charge in [-0.3, -0.25) is 0 Å². The van der Waals surface area contributed by atoms with Gasteiger partial charge in [-0.15, -0.1) is 0 Å². The van der Waals surface area contributed by atoms with E-state index in [4.69, 9.17) is 17.3 Å². The molecule has 0 radical (unpaired) electrons. The molecule has 0 saturated carbocycles. The van der Waals surface area contributed by atoms with E-state index >= 15 is 0 Å². The molecular formula is C10H12ClNO. The second kappa shape index (κ2) is 3.79. The number of carbonyl (C=O) groups is 1. The minimum atomic E-state index is -0.125. The van der Waals surface area contributed by atoms with Gasteiger partial charge in [0, 0.05) is 5.92 Å². The summed E-state index contributed by atoms with van der Waals surface area (Å²) >= 11 is 5.82. The first-order valence-electron chi connectivity index (χ1n) is 4.07. The van der Waals surface area contributed by atoms with Crippen molar-refractivity contribution in [1.82, 2.24) is 0 Å². The number of nitrogens with two attached hydrogens (primary N) is 1. The fourth-order valence-electron chi connectivity index (χ4n) is 1.28. The maximum Gasteiger partial charge on any atom is 0.127 e. The molecule has 1 aromatic rings. The average molecular weight is 198 g/mol. The van der Waals surface area contributed by atoms with Crippen LogP contribution in [0.4, 0.5) is 5.69 Å². The van der Waals surface area contributed by atoms with E-state index in [1.54, 1.807) is 6.07 Å². The fraction of sp³-hybridized carbons (Fsp3) is 0.300. The van der Waals surface area contributed by atoms with Crippen molar-refractivity contribution in [2.24, 2.45) is 0 Å². The van der Waals surface area contributed by atoms with Crippen LogP contribution in [0.1, 0.15) is 24.0 Å². The molecule has 0 aliphatic heterocycles. The van der Waals surface area contributed by atoms with Crippen molar-refractivity contribution in [2.45, 2.75) is 19.8 Å². The molecule has 0 spiro atoms. The van der Waals surface area contributed by atoms with Crippen LogP contribution in [0.3, 0.4) is 0 Å². The normalized spacial score (nSPS) is 12.5. The average Bonchev–Trinajstić information content (AvgIpc) is 2.13. The van der Waals surface area contributed by atoms with Crippen molar-refractivity contribution in [3.63, 3.8) is 0 Å². The highest BCUT2D eigenvalue weighted by Crippen LogP contribution is 2.28. The maximum atomic E-state index is 10.6. The topological polar surface area (TPSA) is 43.1 Å². The summed E-state index contributed by atoms with van der Waals surface area (Å²) in [6.07, 6.45) is 0.898. The molecule has 2 nitrogen and oxygen atoms in total. The first-order valence-corrected chi connectivity index (χ1v) is 4.45. The minimum Gasteiger partial charge on any atom is -0.397 e. The molecule has 1 atom stereocenters. The Labute approximate surface area is 82.7 Å². The van der Waals surface area contributed by atoms with Crippen LogP contribution in [-0.4, -0.2) is 6.29 Å². The minimum absolute atomic E-state index is 0.125. The van der Waals surface area contributed by atoms with E-state index in [-0.39, 0.29) is 5.92 Å². The zero-order valence-electron chi connectivity index (χ0n) is 7.67. The fourth-order valence-corrected chi connectivity index (χ4v) is 1.48. The van der Waals surface area contributed by atoms with E-state index in [9.17, 15) is 4.79 Å². The number of aldehydes is 1. The summed E-state index contributed by atoms with van der Waals surface area (Å²) in [4.78, 5) is 10.6. The monoisotopic (exact) mass is 197 g/mol.